The van der Waals surface area contributed by atoms with Crippen LogP contribution in [0.1, 0.15) is 6.92 Å². The number of anilines is 1. The summed E-state index contributed by atoms with van der Waals surface area (Å²) >= 11 is 0. The van der Waals surface area contributed by atoms with E-state index in [0.717, 1.165) is 6.07 Å². The maximum atomic E-state index is 13.8. The molecule has 2 aliphatic rings. The molecule has 0 radical (unpaired) electrons. The molecule has 0 aliphatic carbocycles. The molecule has 0 aromatic heterocycles. The molecule has 1 fully saturated rings. The molecule has 1 aromatic rings. The molecule has 2 aliphatic heterocycles. The Balaban J connectivity index is 1.86. The second-order valence-corrected chi connectivity index (χ2v) is 5.40. The first kappa shape index (κ1) is 15.7. The minimum atomic E-state index is -0.857. The van der Waals surface area contributed by atoms with Crippen molar-refractivity contribution in [2.45, 2.75) is 13.0 Å². The summed E-state index contributed by atoms with van der Waals surface area (Å²) in [6.07, 6.45) is -0.857. The largest absolute Gasteiger partial charge is 0.486 e. The van der Waals surface area contributed by atoms with E-state index in [9.17, 15) is 18.4 Å². The molecule has 1 aromatic carbocycles. The molecule has 6 nitrogen and oxygen atoms in total. The molecule has 23 heavy (non-hydrogen) atoms. The van der Waals surface area contributed by atoms with E-state index in [1.807, 2.05) is 0 Å². The number of hydrogen-bond acceptors (Lipinski definition) is 4. The third-order valence-corrected chi connectivity index (χ3v) is 3.89. The molecule has 8 heteroatoms. The quantitative estimate of drug-likeness (QED) is 0.771. The summed E-state index contributed by atoms with van der Waals surface area (Å²) in [7, 11) is 0. The van der Waals surface area contributed by atoms with Crippen molar-refractivity contribution in [1.29, 1.82) is 0 Å². The van der Waals surface area contributed by atoms with Gasteiger partial charge in [0.05, 0.1) is 25.4 Å². The molecule has 3 rings (SSSR count). The fourth-order valence-corrected chi connectivity index (χ4v) is 2.74. The van der Waals surface area contributed by atoms with Crippen LogP contribution >= 0.6 is 0 Å². The van der Waals surface area contributed by atoms with Crippen LogP contribution in [0, 0.1) is 11.6 Å². The zero-order chi connectivity index (χ0) is 16.6. The van der Waals surface area contributed by atoms with Gasteiger partial charge in [0.25, 0.3) is 5.91 Å². The van der Waals surface area contributed by atoms with E-state index in [2.05, 4.69) is 0 Å². The third-order valence-electron chi connectivity index (χ3n) is 3.89. The summed E-state index contributed by atoms with van der Waals surface area (Å²) in [5.74, 6) is -2.38. The predicted octanol–water partition coefficient (Wildman–Crippen LogP) is 0.937. The Bertz CT molecular complexity index is 653. The van der Waals surface area contributed by atoms with Crippen LogP contribution in [0.2, 0.25) is 0 Å². The molecular formula is C15H16F2N2O4. The molecule has 2 heterocycles. The molecule has 0 saturated carbocycles. The highest BCUT2D eigenvalue weighted by atomic mass is 19.1. The van der Waals surface area contributed by atoms with Crippen molar-refractivity contribution in [3.8, 4) is 5.75 Å². The van der Waals surface area contributed by atoms with Crippen molar-refractivity contribution in [3.63, 3.8) is 0 Å². The number of amides is 2. The van der Waals surface area contributed by atoms with Crippen molar-refractivity contribution in [2.75, 3.05) is 37.7 Å². The second kappa shape index (κ2) is 6.11. The number of benzene rings is 1. The second-order valence-electron chi connectivity index (χ2n) is 5.40. The van der Waals surface area contributed by atoms with Gasteiger partial charge in [0.1, 0.15) is 12.4 Å². The van der Waals surface area contributed by atoms with Crippen molar-refractivity contribution >= 4 is 17.5 Å². The van der Waals surface area contributed by atoms with Crippen LogP contribution in [-0.4, -0.2) is 55.7 Å². The Morgan fingerprint density at radius 3 is 2.74 bits per heavy atom. The SMILES string of the molecule is CC(=O)N1CCOC(C(=O)N2CCOc3c(F)cc(F)cc32)C1. The van der Waals surface area contributed by atoms with Crippen LogP contribution in [0.4, 0.5) is 14.5 Å². The number of nitrogens with zero attached hydrogens (tertiary/aromatic N) is 2. The molecule has 0 spiro atoms. The van der Waals surface area contributed by atoms with Gasteiger partial charge in [-0.25, -0.2) is 8.78 Å². The lowest BCUT2D eigenvalue weighted by atomic mass is 10.1. The minimum Gasteiger partial charge on any atom is -0.486 e. The molecule has 2 amide bonds. The molecule has 0 bridgehead atoms. The lowest BCUT2D eigenvalue weighted by Crippen LogP contribution is -2.53. The standard InChI is InChI=1S/C15H16F2N2O4/c1-9(20)18-2-4-22-13(8-18)15(21)19-3-5-23-14-11(17)6-10(16)7-12(14)19/h6-7,13H,2-5,8H2,1H3. The summed E-state index contributed by atoms with van der Waals surface area (Å²) in [5, 5.41) is 0. The van der Waals surface area contributed by atoms with Gasteiger partial charge in [-0.2, -0.15) is 0 Å². The van der Waals surface area contributed by atoms with Gasteiger partial charge in [-0.3, -0.25) is 9.59 Å². The van der Waals surface area contributed by atoms with Crippen molar-refractivity contribution in [3.05, 3.63) is 23.8 Å². The Kier molecular flexibility index (Phi) is 4.16. The smallest absolute Gasteiger partial charge is 0.258 e. The van der Waals surface area contributed by atoms with E-state index in [0.29, 0.717) is 12.6 Å². The summed E-state index contributed by atoms with van der Waals surface area (Å²) in [4.78, 5) is 26.9. The van der Waals surface area contributed by atoms with Gasteiger partial charge in [0.2, 0.25) is 5.91 Å². The van der Waals surface area contributed by atoms with E-state index in [-0.39, 0.29) is 43.6 Å². The van der Waals surface area contributed by atoms with Gasteiger partial charge >= 0.3 is 0 Å². The van der Waals surface area contributed by atoms with Crippen LogP contribution in [0.15, 0.2) is 12.1 Å². The summed E-state index contributed by atoms with van der Waals surface area (Å²) in [6, 6.07) is 1.77. The van der Waals surface area contributed by atoms with E-state index in [1.54, 1.807) is 0 Å². The number of halogens is 2. The highest BCUT2D eigenvalue weighted by Gasteiger charge is 2.35. The Hall–Kier alpha value is -2.22. The van der Waals surface area contributed by atoms with Gasteiger partial charge in [0, 0.05) is 25.6 Å². The van der Waals surface area contributed by atoms with Crippen LogP contribution in [-0.2, 0) is 14.3 Å². The van der Waals surface area contributed by atoms with Crippen LogP contribution in [0.3, 0.4) is 0 Å². The lowest BCUT2D eigenvalue weighted by molar-refractivity contribution is -0.144. The highest BCUT2D eigenvalue weighted by molar-refractivity contribution is 5.98. The van der Waals surface area contributed by atoms with Crippen LogP contribution in [0.5, 0.6) is 5.75 Å². The van der Waals surface area contributed by atoms with Gasteiger partial charge < -0.3 is 19.3 Å². The summed E-state index contributed by atoms with van der Waals surface area (Å²) < 4.78 is 37.9. The average Bonchev–Trinajstić information content (AvgIpc) is 2.53. The first-order valence-corrected chi connectivity index (χ1v) is 7.27. The predicted molar refractivity (Wildman–Crippen MR) is 76.2 cm³/mol. The fraction of sp³-hybridized carbons (Fsp3) is 0.467. The zero-order valence-electron chi connectivity index (χ0n) is 12.6. The Morgan fingerprint density at radius 1 is 1.22 bits per heavy atom. The lowest BCUT2D eigenvalue weighted by Gasteiger charge is -2.36. The van der Waals surface area contributed by atoms with Gasteiger partial charge in [-0.1, -0.05) is 0 Å². The third kappa shape index (κ3) is 2.98. The number of rotatable bonds is 1. The molecule has 0 N–H and O–H groups in total. The number of morpholine rings is 1. The maximum absolute atomic E-state index is 13.8. The Morgan fingerprint density at radius 2 is 2.00 bits per heavy atom. The highest BCUT2D eigenvalue weighted by Crippen LogP contribution is 2.35. The van der Waals surface area contributed by atoms with Crippen molar-refractivity contribution < 1.29 is 27.8 Å². The summed E-state index contributed by atoms with van der Waals surface area (Å²) in [5.41, 5.74) is 0.0438. The monoisotopic (exact) mass is 326 g/mol. The Labute approximate surface area is 131 Å². The number of carbonyl (C=O) groups is 2. The average molecular weight is 326 g/mol. The fourth-order valence-electron chi connectivity index (χ4n) is 2.74. The first-order chi connectivity index (χ1) is 11.0. The van der Waals surface area contributed by atoms with Crippen molar-refractivity contribution in [1.82, 2.24) is 4.90 Å². The normalized spacial score (nSPS) is 20.7. The number of fused-ring (bicyclic) bond motifs is 1. The van der Waals surface area contributed by atoms with E-state index < -0.39 is 23.6 Å². The van der Waals surface area contributed by atoms with E-state index >= 15 is 0 Å². The first-order valence-electron chi connectivity index (χ1n) is 7.27. The van der Waals surface area contributed by atoms with E-state index in [1.165, 1.54) is 16.7 Å². The summed E-state index contributed by atoms with van der Waals surface area (Å²) in [6.45, 7) is 2.46. The van der Waals surface area contributed by atoms with Gasteiger partial charge in [0.15, 0.2) is 17.7 Å². The maximum Gasteiger partial charge on any atom is 0.258 e. The molecule has 1 atom stereocenters. The topological polar surface area (TPSA) is 59.1 Å². The van der Waals surface area contributed by atoms with Gasteiger partial charge in [-0.05, 0) is 0 Å². The molecule has 124 valence electrons. The molecule has 1 saturated heterocycles. The van der Waals surface area contributed by atoms with Crippen molar-refractivity contribution in [2.24, 2.45) is 0 Å². The van der Waals surface area contributed by atoms with Crippen LogP contribution in [0.25, 0.3) is 0 Å². The molecule has 1 unspecified atom stereocenters. The number of carbonyl (C=O) groups excluding carboxylic acids is 2. The zero-order valence-corrected chi connectivity index (χ0v) is 12.6. The number of hydrogen-bond donors (Lipinski definition) is 0. The van der Waals surface area contributed by atoms with Gasteiger partial charge in [-0.15, -0.1) is 0 Å². The van der Waals surface area contributed by atoms with E-state index in [4.69, 9.17) is 9.47 Å². The molecular weight excluding hydrogens is 310 g/mol. The number of ether oxygens (including phenoxy) is 2. The minimum absolute atomic E-state index is 0.0438. The van der Waals surface area contributed by atoms with Crippen LogP contribution < -0.4 is 9.64 Å².